The van der Waals surface area contributed by atoms with Crippen LogP contribution in [0.3, 0.4) is 0 Å². The molecule has 1 fully saturated rings. The van der Waals surface area contributed by atoms with Crippen molar-refractivity contribution in [2.75, 3.05) is 13.2 Å². The second-order valence-electron chi connectivity index (χ2n) is 7.63. The second kappa shape index (κ2) is 11.3. The van der Waals surface area contributed by atoms with E-state index in [2.05, 4.69) is 10.6 Å². The SMILES string of the molecule is Cc1ccc(OCC(=O)N[C@H]2CC[C@H](NC(=O)COc3ccc(Cl)cc3)CC2)cc1Cl. The third kappa shape index (κ3) is 7.64. The van der Waals surface area contributed by atoms with E-state index in [4.69, 9.17) is 32.7 Å². The van der Waals surface area contributed by atoms with Gasteiger partial charge in [0.15, 0.2) is 13.2 Å². The Morgan fingerprint density at radius 1 is 0.839 bits per heavy atom. The van der Waals surface area contributed by atoms with Gasteiger partial charge in [0.05, 0.1) is 0 Å². The second-order valence-corrected chi connectivity index (χ2v) is 8.47. The maximum Gasteiger partial charge on any atom is 0.258 e. The fourth-order valence-electron chi connectivity index (χ4n) is 3.41. The standard InChI is InChI=1S/C23H26Cl2N2O4/c1-15-2-9-20(12-21(15)25)31-14-23(29)27-18-7-5-17(6-8-18)26-22(28)13-30-19-10-3-16(24)4-11-19/h2-4,9-12,17-18H,5-8,13-14H2,1H3,(H,26,28)(H,27,29)/t17-,18-. The Hall–Kier alpha value is -2.44. The number of ether oxygens (including phenoxy) is 2. The molecule has 0 spiro atoms. The summed E-state index contributed by atoms with van der Waals surface area (Å²) in [6, 6.07) is 12.4. The number of aryl methyl sites for hydroxylation is 1. The van der Waals surface area contributed by atoms with Gasteiger partial charge in [-0.25, -0.2) is 0 Å². The van der Waals surface area contributed by atoms with Crippen LogP contribution < -0.4 is 20.1 Å². The van der Waals surface area contributed by atoms with Crippen LogP contribution in [-0.2, 0) is 9.59 Å². The largest absolute Gasteiger partial charge is 0.484 e. The first-order valence-corrected chi connectivity index (χ1v) is 11.0. The average Bonchev–Trinajstić information content (AvgIpc) is 2.75. The van der Waals surface area contributed by atoms with E-state index in [0.29, 0.717) is 21.5 Å². The van der Waals surface area contributed by atoms with Crippen molar-refractivity contribution < 1.29 is 19.1 Å². The average molecular weight is 465 g/mol. The van der Waals surface area contributed by atoms with Gasteiger partial charge in [-0.15, -0.1) is 0 Å². The van der Waals surface area contributed by atoms with Gasteiger partial charge in [-0.2, -0.15) is 0 Å². The van der Waals surface area contributed by atoms with E-state index >= 15 is 0 Å². The smallest absolute Gasteiger partial charge is 0.258 e. The van der Waals surface area contributed by atoms with Crippen LogP contribution in [0.4, 0.5) is 0 Å². The minimum atomic E-state index is -0.166. The Bertz CT molecular complexity index is 897. The van der Waals surface area contributed by atoms with E-state index in [1.807, 2.05) is 13.0 Å². The molecule has 0 radical (unpaired) electrons. The molecule has 6 nitrogen and oxygen atoms in total. The first-order valence-electron chi connectivity index (χ1n) is 10.2. The maximum absolute atomic E-state index is 12.2. The van der Waals surface area contributed by atoms with Crippen molar-refractivity contribution in [1.29, 1.82) is 0 Å². The van der Waals surface area contributed by atoms with Crippen LogP contribution >= 0.6 is 23.2 Å². The molecule has 3 rings (SSSR count). The number of hydrogen-bond donors (Lipinski definition) is 2. The zero-order chi connectivity index (χ0) is 22.2. The van der Waals surface area contributed by atoms with E-state index in [-0.39, 0.29) is 37.1 Å². The minimum Gasteiger partial charge on any atom is -0.484 e. The van der Waals surface area contributed by atoms with Crippen LogP contribution in [0.2, 0.25) is 10.0 Å². The number of nitrogens with one attached hydrogen (secondary N) is 2. The van der Waals surface area contributed by atoms with E-state index in [1.54, 1.807) is 36.4 Å². The summed E-state index contributed by atoms with van der Waals surface area (Å²) in [5, 5.41) is 7.21. The highest BCUT2D eigenvalue weighted by atomic mass is 35.5. The maximum atomic E-state index is 12.2. The molecule has 0 unspecified atom stereocenters. The van der Waals surface area contributed by atoms with Crippen LogP contribution in [0.15, 0.2) is 42.5 Å². The molecule has 1 aliphatic carbocycles. The number of benzene rings is 2. The van der Waals surface area contributed by atoms with E-state index in [9.17, 15) is 9.59 Å². The lowest BCUT2D eigenvalue weighted by atomic mass is 9.91. The fourth-order valence-corrected chi connectivity index (χ4v) is 3.71. The molecule has 1 saturated carbocycles. The molecule has 2 aromatic carbocycles. The van der Waals surface area contributed by atoms with Gasteiger partial charge in [-0.05, 0) is 74.6 Å². The third-order valence-electron chi connectivity index (χ3n) is 5.15. The molecule has 2 aromatic rings. The lowest BCUT2D eigenvalue weighted by molar-refractivity contribution is -0.125. The van der Waals surface area contributed by atoms with Crippen molar-refractivity contribution in [3.8, 4) is 11.5 Å². The zero-order valence-electron chi connectivity index (χ0n) is 17.3. The van der Waals surface area contributed by atoms with Gasteiger partial charge in [-0.3, -0.25) is 9.59 Å². The number of hydrogen-bond acceptors (Lipinski definition) is 4. The zero-order valence-corrected chi connectivity index (χ0v) is 18.8. The molecule has 1 aliphatic rings. The van der Waals surface area contributed by atoms with Gasteiger partial charge in [0.2, 0.25) is 0 Å². The van der Waals surface area contributed by atoms with E-state index < -0.39 is 0 Å². The molecular formula is C23H26Cl2N2O4. The first kappa shape index (κ1) is 23.2. The summed E-state index contributed by atoms with van der Waals surface area (Å²) in [6.07, 6.45) is 3.19. The van der Waals surface area contributed by atoms with Gasteiger partial charge in [0.25, 0.3) is 11.8 Å². The van der Waals surface area contributed by atoms with Crippen LogP contribution in [0.5, 0.6) is 11.5 Å². The summed E-state index contributed by atoms with van der Waals surface area (Å²) in [4.78, 5) is 24.3. The highest BCUT2D eigenvalue weighted by Gasteiger charge is 2.23. The monoisotopic (exact) mass is 464 g/mol. The summed E-state index contributed by atoms with van der Waals surface area (Å²) in [5.74, 6) is 0.840. The summed E-state index contributed by atoms with van der Waals surface area (Å²) in [6.45, 7) is 1.81. The van der Waals surface area contributed by atoms with Gasteiger partial charge in [0.1, 0.15) is 11.5 Å². The van der Waals surface area contributed by atoms with Crippen LogP contribution in [0.25, 0.3) is 0 Å². The Morgan fingerprint density at radius 2 is 1.32 bits per heavy atom. The molecule has 0 heterocycles. The van der Waals surface area contributed by atoms with Crippen molar-refractivity contribution in [3.63, 3.8) is 0 Å². The first-order chi connectivity index (χ1) is 14.9. The van der Waals surface area contributed by atoms with Gasteiger partial charge >= 0.3 is 0 Å². The quantitative estimate of drug-likeness (QED) is 0.610. The van der Waals surface area contributed by atoms with E-state index in [1.165, 1.54) is 0 Å². The van der Waals surface area contributed by atoms with E-state index in [0.717, 1.165) is 31.2 Å². The summed E-state index contributed by atoms with van der Waals surface area (Å²) < 4.78 is 11.0. The number of carbonyl (C=O) groups excluding carboxylic acids is 2. The number of amides is 2. The molecule has 166 valence electrons. The summed E-state index contributed by atoms with van der Waals surface area (Å²) in [5.41, 5.74) is 0.957. The van der Waals surface area contributed by atoms with Crippen molar-refractivity contribution in [3.05, 3.63) is 58.1 Å². The molecule has 0 atom stereocenters. The molecule has 0 aromatic heterocycles. The predicted molar refractivity (Wildman–Crippen MR) is 121 cm³/mol. The van der Waals surface area contributed by atoms with Gasteiger partial charge < -0.3 is 20.1 Å². The fraction of sp³-hybridized carbons (Fsp3) is 0.391. The van der Waals surface area contributed by atoms with Crippen LogP contribution in [0, 0.1) is 6.92 Å². The van der Waals surface area contributed by atoms with Gasteiger partial charge in [-0.1, -0.05) is 29.3 Å². The van der Waals surface area contributed by atoms with Crippen LogP contribution in [-0.4, -0.2) is 37.1 Å². The third-order valence-corrected chi connectivity index (χ3v) is 5.81. The Morgan fingerprint density at radius 3 is 1.84 bits per heavy atom. The van der Waals surface area contributed by atoms with Crippen molar-refractivity contribution in [1.82, 2.24) is 10.6 Å². The predicted octanol–water partition coefficient (Wildman–Crippen LogP) is 4.30. The highest BCUT2D eigenvalue weighted by Crippen LogP contribution is 2.22. The molecular weight excluding hydrogens is 439 g/mol. The Balaban J connectivity index is 1.32. The topological polar surface area (TPSA) is 76.7 Å². The molecule has 2 N–H and O–H groups in total. The molecule has 0 saturated heterocycles. The molecule has 8 heteroatoms. The summed E-state index contributed by atoms with van der Waals surface area (Å²) >= 11 is 11.9. The molecule has 0 bridgehead atoms. The van der Waals surface area contributed by atoms with Crippen molar-refractivity contribution in [2.45, 2.75) is 44.7 Å². The molecule has 2 amide bonds. The lowest BCUT2D eigenvalue weighted by Gasteiger charge is -2.29. The van der Waals surface area contributed by atoms with Crippen LogP contribution in [0.1, 0.15) is 31.2 Å². The molecule has 31 heavy (non-hydrogen) atoms. The number of halogens is 2. The Kier molecular flexibility index (Phi) is 8.43. The minimum absolute atomic E-state index is 0.0430. The van der Waals surface area contributed by atoms with Crippen molar-refractivity contribution >= 4 is 35.0 Å². The van der Waals surface area contributed by atoms with Crippen molar-refractivity contribution in [2.24, 2.45) is 0 Å². The van der Waals surface area contributed by atoms with Gasteiger partial charge in [0, 0.05) is 22.1 Å². The highest BCUT2D eigenvalue weighted by molar-refractivity contribution is 6.31. The lowest BCUT2D eigenvalue weighted by Crippen LogP contribution is -2.45. The number of rotatable bonds is 8. The number of carbonyl (C=O) groups is 2. The molecule has 0 aliphatic heterocycles. The summed E-state index contributed by atoms with van der Waals surface area (Å²) in [7, 11) is 0. The Labute approximate surface area is 192 Å². The normalized spacial score (nSPS) is 18.2.